The summed E-state index contributed by atoms with van der Waals surface area (Å²) in [4.78, 5) is 30.6. The van der Waals surface area contributed by atoms with Crippen LogP contribution in [0.25, 0.3) is 0 Å². The minimum absolute atomic E-state index is 0. The molecule has 0 spiro atoms. The van der Waals surface area contributed by atoms with Gasteiger partial charge >= 0.3 is 68.2 Å². The molecule has 0 aromatic heterocycles. The van der Waals surface area contributed by atoms with Gasteiger partial charge in [-0.1, -0.05) is 0 Å². The summed E-state index contributed by atoms with van der Waals surface area (Å²) in [5, 5.41) is 0. The summed E-state index contributed by atoms with van der Waals surface area (Å²) < 4.78 is 0. The molecule has 4 nitrogen and oxygen atoms in total. The van der Waals surface area contributed by atoms with Gasteiger partial charge in [0.1, 0.15) is 0 Å². The van der Waals surface area contributed by atoms with E-state index in [1.54, 1.807) is 0 Å². The van der Waals surface area contributed by atoms with Gasteiger partial charge in [0.25, 0.3) is 0 Å². The number of hydrogen-bond donors (Lipinski definition) is 3. The SMILES string of the molecule is [F-].[Na+].[Na+].[O-][Si](O)(O)O. The van der Waals surface area contributed by atoms with Gasteiger partial charge < -0.3 is 23.9 Å². The van der Waals surface area contributed by atoms with Crippen molar-refractivity contribution in [3.63, 3.8) is 0 Å². The van der Waals surface area contributed by atoms with Crippen molar-refractivity contribution in [2.45, 2.75) is 0 Å². The van der Waals surface area contributed by atoms with Gasteiger partial charge in [-0.25, -0.2) is 0 Å². The quantitative estimate of drug-likeness (QED) is 0.307. The van der Waals surface area contributed by atoms with E-state index in [4.69, 9.17) is 19.2 Å². The Bertz CT molecular complexity index is 29.5. The van der Waals surface area contributed by atoms with E-state index in [1.165, 1.54) is 0 Å². The molecule has 3 N–H and O–H groups in total. The summed E-state index contributed by atoms with van der Waals surface area (Å²) in [6.07, 6.45) is 0. The van der Waals surface area contributed by atoms with Crippen molar-refractivity contribution in [2.75, 3.05) is 0 Å². The fraction of sp³-hybridized carbons (Fsp3) is 0. The third-order valence-electron chi connectivity index (χ3n) is 0. The normalized spacial score (nSPS) is 7.50. The second-order valence-corrected chi connectivity index (χ2v) is 1.72. The Morgan fingerprint density at radius 2 is 1.00 bits per heavy atom. The van der Waals surface area contributed by atoms with Crippen LogP contribution in [0.5, 0.6) is 0 Å². The average molecular weight is 160 g/mol. The second-order valence-electron chi connectivity index (χ2n) is 0.574. The zero-order valence-electron chi connectivity index (χ0n) is 4.63. The molecule has 0 unspecified atom stereocenters. The van der Waals surface area contributed by atoms with Gasteiger partial charge in [-0.15, -0.1) is 0 Å². The molecule has 8 heavy (non-hydrogen) atoms. The molecule has 0 bridgehead atoms. The molecule has 40 valence electrons. The van der Waals surface area contributed by atoms with Gasteiger partial charge in [0.15, 0.2) is 0 Å². The van der Waals surface area contributed by atoms with Crippen molar-refractivity contribution < 1.29 is 83.0 Å². The Morgan fingerprint density at radius 1 is 1.00 bits per heavy atom. The zero-order valence-corrected chi connectivity index (χ0v) is 9.63. The van der Waals surface area contributed by atoms with Crippen LogP contribution in [0.1, 0.15) is 0 Å². The summed E-state index contributed by atoms with van der Waals surface area (Å²) in [5.41, 5.74) is 0. The fourth-order valence-corrected chi connectivity index (χ4v) is 0. The molecular weight excluding hydrogens is 157 g/mol. The molecule has 0 aromatic carbocycles. The minimum atomic E-state index is -4.86. The molecule has 8 heteroatoms. The number of rotatable bonds is 0. The summed E-state index contributed by atoms with van der Waals surface area (Å²) in [7, 11) is -4.86. The molecule has 0 aliphatic rings. The molecule has 0 amide bonds. The van der Waals surface area contributed by atoms with Crippen LogP contribution in [0.15, 0.2) is 0 Å². The van der Waals surface area contributed by atoms with Crippen molar-refractivity contribution in [1.29, 1.82) is 0 Å². The Morgan fingerprint density at radius 3 is 1.00 bits per heavy atom. The first-order chi connectivity index (χ1) is 2.00. The fourth-order valence-electron chi connectivity index (χ4n) is 0. The van der Waals surface area contributed by atoms with Gasteiger partial charge in [0.2, 0.25) is 0 Å². The monoisotopic (exact) mass is 160 g/mol. The molecule has 0 aliphatic heterocycles. The van der Waals surface area contributed by atoms with E-state index in [1.807, 2.05) is 0 Å². The molecule has 0 radical (unpaired) electrons. The van der Waals surface area contributed by atoms with Crippen molar-refractivity contribution in [3.8, 4) is 0 Å². The first-order valence-corrected chi connectivity index (χ1v) is 2.62. The molecule has 0 heterocycles. The summed E-state index contributed by atoms with van der Waals surface area (Å²) >= 11 is 0. The molecule has 0 saturated carbocycles. The minimum Gasteiger partial charge on any atom is -1.00 e. The van der Waals surface area contributed by atoms with E-state index in [0.717, 1.165) is 0 Å². The standard InChI is InChI=1S/FH.2Na.H3O4Si/c;;;1-5(2,3)4/h1H;;;1-3H/q;2*+1;-1/p-1. The van der Waals surface area contributed by atoms with Gasteiger partial charge in [0, 0.05) is 0 Å². The Labute approximate surface area is 91.0 Å². The molecule has 0 saturated heterocycles. The summed E-state index contributed by atoms with van der Waals surface area (Å²) in [6, 6.07) is 0. The molecule has 0 atom stereocenters. The molecular formula is H3FNa2O4Si. The molecule has 0 fully saturated rings. The number of halogens is 1. The van der Waals surface area contributed by atoms with Gasteiger partial charge in [-0.3, -0.25) is 0 Å². The van der Waals surface area contributed by atoms with Crippen LogP contribution in [0.4, 0.5) is 0 Å². The van der Waals surface area contributed by atoms with Crippen molar-refractivity contribution in [2.24, 2.45) is 0 Å². The number of hydrogen-bond acceptors (Lipinski definition) is 4. The van der Waals surface area contributed by atoms with E-state index in [0.29, 0.717) is 0 Å². The maximum absolute atomic E-state index is 8.91. The summed E-state index contributed by atoms with van der Waals surface area (Å²) in [5.74, 6) is 0. The van der Waals surface area contributed by atoms with E-state index >= 15 is 0 Å². The molecule has 0 rings (SSSR count). The maximum Gasteiger partial charge on any atom is 1.00 e. The van der Waals surface area contributed by atoms with Gasteiger partial charge in [-0.2, -0.15) is 0 Å². The maximum atomic E-state index is 8.91. The van der Waals surface area contributed by atoms with Gasteiger partial charge in [-0.05, 0) is 0 Å². The Balaban J connectivity index is -0.0000000267. The first-order valence-electron chi connectivity index (χ1n) is 0.875. The van der Waals surface area contributed by atoms with E-state index < -0.39 is 9.05 Å². The van der Waals surface area contributed by atoms with Gasteiger partial charge in [0.05, 0.1) is 0 Å². The van der Waals surface area contributed by atoms with E-state index in [-0.39, 0.29) is 63.8 Å². The predicted octanol–water partition coefficient (Wildman–Crippen LogP) is -12.2. The smallest absolute Gasteiger partial charge is 1.00 e. The third-order valence-corrected chi connectivity index (χ3v) is 0. The van der Waals surface area contributed by atoms with Crippen LogP contribution in [-0.4, -0.2) is 23.4 Å². The Hall–Kier alpha value is 1.99. The Kier molecular flexibility index (Phi) is 25.3. The topological polar surface area (TPSA) is 83.8 Å². The van der Waals surface area contributed by atoms with Crippen LogP contribution in [-0.2, 0) is 0 Å². The van der Waals surface area contributed by atoms with Crippen LogP contribution < -0.4 is 68.6 Å². The van der Waals surface area contributed by atoms with Crippen LogP contribution in [0.2, 0.25) is 0 Å². The van der Waals surface area contributed by atoms with Crippen molar-refractivity contribution in [3.05, 3.63) is 0 Å². The summed E-state index contributed by atoms with van der Waals surface area (Å²) in [6.45, 7) is 0. The molecule has 0 aromatic rings. The predicted molar refractivity (Wildman–Crippen MR) is 12.4 cm³/mol. The van der Waals surface area contributed by atoms with Crippen molar-refractivity contribution >= 4 is 9.05 Å². The molecule has 0 aliphatic carbocycles. The van der Waals surface area contributed by atoms with Crippen LogP contribution in [0, 0.1) is 0 Å². The first kappa shape index (κ1) is 22.5. The third kappa shape index (κ3) is 98.8. The van der Waals surface area contributed by atoms with E-state index in [2.05, 4.69) is 0 Å². The average Bonchev–Trinajstić information content (AvgIpc) is 0.722. The van der Waals surface area contributed by atoms with Crippen molar-refractivity contribution in [1.82, 2.24) is 0 Å². The zero-order chi connectivity index (χ0) is 4.50. The van der Waals surface area contributed by atoms with Crippen LogP contribution in [0.3, 0.4) is 0 Å². The van der Waals surface area contributed by atoms with Crippen LogP contribution >= 0.6 is 0 Å². The van der Waals surface area contributed by atoms with E-state index in [9.17, 15) is 0 Å². The largest absolute Gasteiger partial charge is 1.00 e. The second kappa shape index (κ2) is 8.99.